The Hall–Kier alpha value is -2.01. The van der Waals surface area contributed by atoms with Crippen LogP contribution in [0.4, 0.5) is 5.69 Å². The van der Waals surface area contributed by atoms with Gasteiger partial charge in [0.15, 0.2) is 5.15 Å². The van der Waals surface area contributed by atoms with E-state index < -0.39 is 28.2 Å². The molecule has 11 heteroatoms. The highest BCUT2D eigenvalue weighted by molar-refractivity contribution is 7.87. The monoisotopic (exact) mass is 398 g/mol. The number of amides is 1. The second-order valence-electron chi connectivity index (χ2n) is 6.12. The molecule has 1 aliphatic rings. The van der Waals surface area contributed by atoms with Gasteiger partial charge in [0.2, 0.25) is 5.91 Å². The summed E-state index contributed by atoms with van der Waals surface area (Å²) in [5.41, 5.74) is 1.78. The van der Waals surface area contributed by atoms with Crippen LogP contribution < -0.4 is 10.0 Å². The predicted octanol–water partition coefficient (Wildman–Crippen LogP) is 0.995. The van der Waals surface area contributed by atoms with Gasteiger partial charge in [-0.1, -0.05) is 11.6 Å². The van der Waals surface area contributed by atoms with Gasteiger partial charge >= 0.3 is 0 Å². The number of likely N-dealkylation sites (N-methyl/N-ethyl adjacent to an activating group) is 1. The average molecular weight is 399 g/mol. The summed E-state index contributed by atoms with van der Waals surface area (Å²) in [6, 6.07) is 1.78. The lowest BCUT2D eigenvalue weighted by molar-refractivity contribution is -0.120. The van der Waals surface area contributed by atoms with E-state index >= 15 is 0 Å². The lowest BCUT2D eigenvalue weighted by Crippen LogP contribution is -2.56. The normalized spacial score (nSPS) is 22.9. The molecular weight excluding hydrogens is 380 g/mol. The Morgan fingerprint density at radius 1 is 1.42 bits per heavy atom. The van der Waals surface area contributed by atoms with Crippen LogP contribution in [-0.2, 0) is 22.1 Å². The first-order valence-corrected chi connectivity index (χ1v) is 9.67. The first-order chi connectivity index (χ1) is 12.2. The van der Waals surface area contributed by atoms with Crippen molar-refractivity contribution in [3.8, 4) is 0 Å². The molecule has 0 saturated carbocycles. The van der Waals surface area contributed by atoms with Gasteiger partial charge in [0.05, 0.1) is 17.4 Å². The Balaban J connectivity index is 1.88. The quantitative estimate of drug-likeness (QED) is 0.749. The minimum Gasteiger partial charge on any atom is -0.322 e. The van der Waals surface area contributed by atoms with Crippen LogP contribution in [0.5, 0.6) is 0 Å². The molecule has 1 aliphatic heterocycles. The molecule has 3 rings (SSSR count). The van der Waals surface area contributed by atoms with Gasteiger partial charge in [-0.05, 0) is 25.5 Å². The zero-order chi connectivity index (χ0) is 19.1. The summed E-state index contributed by atoms with van der Waals surface area (Å²) >= 11 is 5.97. The van der Waals surface area contributed by atoms with Crippen LogP contribution in [0, 0.1) is 6.92 Å². The van der Waals surface area contributed by atoms with Crippen molar-refractivity contribution in [2.24, 2.45) is 7.05 Å². The molecule has 0 radical (unpaired) electrons. The Kier molecular flexibility index (Phi) is 5.02. The van der Waals surface area contributed by atoms with Crippen LogP contribution in [0.15, 0.2) is 24.5 Å². The van der Waals surface area contributed by atoms with Gasteiger partial charge in [-0.3, -0.25) is 9.48 Å². The SMILES string of the molecule is Cc1nn(C)cc1[C@@H]1C[C@@H](C(=O)Nc2cccnc2Cl)N(C)S(=O)(=O)N1. The topological polar surface area (TPSA) is 109 Å². The van der Waals surface area contributed by atoms with Crippen LogP contribution in [0.3, 0.4) is 0 Å². The van der Waals surface area contributed by atoms with Crippen LogP contribution in [0.1, 0.15) is 23.7 Å². The molecule has 0 aliphatic carbocycles. The molecule has 2 aromatic rings. The van der Waals surface area contributed by atoms with E-state index in [9.17, 15) is 13.2 Å². The summed E-state index contributed by atoms with van der Waals surface area (Å²) in [6.07, 6.45) is 3.51. The molecule has 0 unspecified atom stereocenters. The number of hydrogen-bond donors (Lipinski definition) is 2. The molecule has 140 valence electrons. The fraction of sp³-hybridized carbons (Fsp3) is 0.400. The third kappa shape index (κ3) is 3.58. The maximum absolute atomic E-state index is 12.7. The van der Waals surface area contributed by atoms with Crippen LogP contribution >= 0.6 is 11.6 Å². The van der Waals surface area contributed by atoms with E-state index in [2.05, 4.69) is 20.1 Å². The van der Waals surface area contributed by atoms with Crippen molar-refractivity contribution in [1.82, 2.24) is 23.8 Å². The van der Waals surface area contributed by atoms with Crippen molar-refractivity contribution in [3.63, 3.8) is 0 Å². The smallest absolute Gasteiger partial charge is 0.280 e. The van der Waals surface area contributed by atoms with Gasteiger partial charge in [0.25, 0.3) is 10.2 Å². The van der Waals surface area contributed by atoms with Gasteiger partial charge in [-0.2, -0.15) is 22.5 Å². The summed E-state index contributed by atoms with van der Waals surface area (Å²) in [6.45, 7) is 1.80. The van der Waals surface area contributed by atoms with Gasteiger partial charge in [-0.25, -0.2) is 4.98 Å². The van der Waals surface area contributed by atoms with Gasteiger partial charge in [0.1, 0.15) is 6.04 Å². The maximum Gasteiger partial charge on any atom is 0.280 e. The summed E-state index contributed by atoms with van der Waals surface area (Å²) in [5, 5.41) is 7.03. The van der Waals surface area contributed by atoms with Crippen molar-refractivity contribution in [2.75, 3.05) is 12.4 Å². The number of aryl methyl sites for hydroxylation is 2. The fourth-order valence-electron chi connectivity index (χ4n) is 2.97. The average Bonchev–Trinajstić information content (AvgIpc) is 2.90. The number of halogens is 1. The van der Waals surface area contributed by atoms with E-state index in [1.807, 2.05) is 0 Å². The lowest BCUT2D eigenvalue weighted by Gasteiger charge is -2.36. The molecule has 9 nitrogen and oxygen atoms in total. The highest BCUT2D eigenvalue weighted by Gasteiger charge is 2.41. The minimum absolute atomic E-state index is 0.139. The van der Waals surface area contributed by atoms with Crippen molar-refractivity contribution < 1.29 is 13.2 Å². The molecule has 2 atom stereocenters. The molecule has 1 amide bonds. The first kappa shape index (κ1) is 18.8. The second-order valence-corrected chi connectivity index (χ2v) is 8.24. The summed E-state index contributed by atoms with van der Waals surface area (Å²) in [7, 11) is -0.703. The van der Waals surface area contributed by atoms with Crippen molar-refractivity contribution in [2.45, 2.75) is 25.4 Å². The zero-order valence-electron chi connectivity index (χ0n) is 14.5. The van der Waals surface area contributed by atoms with Gasteiger partial charge < -0.3 is 5.32 Å². The van der Waals surface area contributed by atoms with Crippen molar-refractivity contribution in [1.29, 1.82) is 0 Å². The molecule has 3 heterocycles. The predicted molar refractivity (Wildman–Crippen MR) is 96.8 cm³/mol. The second kappa shape index (κ2) is 6.95. The number of pyridine rings is 1. The molecule has 1 saturated heterocycles. The summed E-state index contributed by atoms with van der Waals surface area (Å²) < 4.78 is 30.2. The van der Waals surface area contributed by atoms with E-state index in [0.29, 0.717) is 11.4 Å². The van der Waals surface area contributed by atoms with Crippen molar-refractivity contribution >= 4 is 33.4 Å². The number of anilines is 1. The fourth-order valence-corrected chi connectivity index (χ4v) is 4.40. The maximum atomic E-state index is 12.7. The molecule has 2 aromatic heterocycles. The van der Waals surface area contributed by atoms with E-state index in [0.717, 1.165) is 9.87 Å². The van der Waals surface area contributed by atoms with Crippen LogP contribution in [-0.4, -0.2) is 46.5 Å². The number of rotatable bonds is 3. The number of hydrogen-bond acceptors (Lipinski definition) is 5. The number of nitrogens with one attached hydrogen (secondary N) is 2. The summed E-state index contributed by atoms with van der Waals surface area (Å²) in [4.78, 5) is 16.6. The molecular formula is C15H19ClN6O3S. The van der Waals surface area contributed by atoms with Crippen LogP contribution in [0.2, 0.25) is 5.15 Å². The standard InChI is InChI=1S/C15H19ClN6O3S/c1-9-10(8-21(2)19-9)12-7-13(22(3)26(24,25)20-12)15(23)18-11-5-4-6-17-14(11)16/h4-6,8,12-13,20H,7H2,1-3H3,(H,18,23)/t12-,13-/m0/s1. The van der Waals surface area contributed by atoms with E-state index in [1.165, 1.54) is 13.2 Å². The summed E-state index contributed by atoms with van der Waals surface area (Å²) in [5.74, 6) is -0.473. The first-order valence-electron chi connectivity index (χ1n) is 7.86. The Morgan fingerprint density at radius 3 is 2.77 bits per heavy atom. The number of nitrogens with zero attached hydrogens (tertiary/aromatic N) is 4. The van der Waals surface area contributed by atoms with E-state index in [-0.39, 0.29) is 11.6 Å². The van der Waals surface area contributed by atoms with Crippen LogP contribution in [0.25, 0.3) is 0 Å². The Morgan fingerprint density at radius 2 is 2.15 bits per heavy atom. The number of carbonyl (C=O) groups is 1. The highest BCUT2D eigenvalue weighted by atomic mass is 35.5. The highest BCUT2D eigenvalue weighted by Crippen LogP contribution is 2.30. The van der Waals surface area contributed by atoms with Gasteiger partial charge in [-0.15, -0.1) is 0 Å². The number of aromatic nitrogens is 3. The van der Waals surface area contributed by atoms with Gasteiger partial charge in [0, 0.05) is 32.1 Å². The molecule has 0 spiro atoms. The molecule has 2 N–H and O–H groups in total. The third-order valence-electron chi connectivity index (χ3n) is 4.31. The zero-order valence-corrected chi connectivity index (χ0v) is 16.0. The molecule has 26 heavy (non-hydrogen) atoms. The van der Waals surface area contributed by atoms with Crippen molar-refractivity contribution in [3.05, 3.63) is 40.9 Å². The largest absolute Gasteiger partial charge is 0.322 e. The third-order valence-corrected chi connectivity index (χ3v) is 6.21. The van der Waals surface area contributed by atoms with E-state index in [4.69, 9.17) is 11.6 Å². The minimum atomic E-state index is -3.83. The lowest BCUT2D eigenvalue weighted by atomic mass is 10.00. The number of carbonyl (C=O) groups excluding carboxylic acids is 1. The molecule has 0 bridgehead atoms. The Bertz CT molecular complexity index is 945. The molecule has 1 fully saturated rings. The molecule has 0 aromatic carbocycles. The Labute approximate surface area is 156 Å². The van der Waals surface area contributed by atoms with E-state index in [1.54, 1.807) is 37.0 Å².